The zero-order valence-electron chi connectivity index (χ0n) is 9.08. The van der Waals surface area contributed by atoms with Crippen molar-refractivity contribution in [3.8, 4) is 0 Å². The zero-order chi connectivity index (χ0) is 11.0. The fourth-order valence-electron chi connectivity index (χ4n) is 2.49. The highest BCUT2D eigenvalue weighted by atomic mass is 79.9. The molecular formula is C11H16BrClN2. The van der Waals surface area contributed by atoms with E-state index in [1.54, 1.807) is 6.20 Å². The molecule has 1 aliphatic carbocycles. The Bertz CT molecular complexity index is 350. The van der Waals surface area contributed by atoms with Crippen molar-refractivity contribution in [2.45, 2.75) is 44.0 Å². The molecule has 84 valence electrons. The number of rotatable bonds is 2. The lowest BCUT2D eigenvalue weighted by atomic mass is 9.94. The summed E-state index contributed by atoms with van der Waals surface area (Å²) in [7, 11) is 0. The predicted octanol–water partition coefficient (Wildman–Crippen LogP) is 3.83. The van der Waals surface area contributed by atoms with Crippen LogP contribution >= 0.6 is 27.5 Å². The fraction of sp³-hybridized carbons (Fsp3) is 0.727. The van der Waals surface area contributed by atoms with Crippen LogP contribution < -0.4 is 0 Å². The maximum absolute atomic E-state index is 6.22. The maximum Gasteiger partial charge on any atom is 0.0820 e. The molecular weight excluding hydrogens is 275 g/mol. The van der Waals surface area contributed by atoms with Gasteiger partial charge < -0.3 is 0 Å². The summed E-state index contributed by atoms with van der Waals surface area (Å²) in [6.07, 6.45) is 4.22. The number of hydrogen-bond donors (Lipinski definition) is 0. The molecule has 1 aromatic rings. The number of alkyl halides is 1. The molecule has 1 heterocycles. The summed E-state index contributed by atoms with van der Waals surface area (Å²) >= 11 is 9.95. The highest BCUT2D eigenvalue weighted by Gasteiger charge is 2.35. The lowest BCUT2D eigenvalue weighted by molar-refractivity contribution is 0.490. The Labute approximate surface area is 104 Å². The minimum absolute atomic E-state index is 0.560. The van der Waals surface area contributed by atoms with Crippen molar-refractivity contribution in [2.75, 3.05) is 0 Å². The molecule has 15 heavy (non-hydrogen) atoms. The van der Waals surface area contributed by atoms with Crippen LogP contribution in [0.2, 0.25) is 5.02 Å². The lowest BCUT2D eigenvalue weighted by Crippen LogP contribution is -2.14. The number of aryl methyl sites for hydroxylation is 1. The SMILES string of the molecule is CCn1ncc(Cl)c1C1CCC(Br)C1C. The van der Waals surface area contributed by atoms with E-state index in [4.69, 9.17) is 11.6 Å². The van der Waals surface area contributed by atoms with Crippen LogP contribution in [0.15, 0.2) is 6.20 Å². The van der Waals surface area contributed by atoms with Crippen LogP contribution in [0.3, 0.4) is 0 Å². The van der Waals surface area contributed by atoms with Gasteiger partial charge in [-0.15, -0.1) is 0 Å². The normalized spacial score (nSPS) is 31.1. The molecule has 0 radical (unpaired) electrons. The van der Waals surface area contributed by atoms with E-state index in [1.807, 2.05) is 4.68 Å². The Hall–Kier alpha value is -0.0200. The number of halogens is 2. The van der Waals surface area contributed by atoms with Crippen LogP contribution in [0.4, 0.5) is 0 Å². The first-order valence-electron chi connectivity index (χ1n) is 5.50. The third-order valence-electron chi connectivity index (χ3n) is 3.44. The zero-order valence-corrected chi connectivity index (χ0v) is 11.4. The summed E-state index contributed by atoms with van der Waals surface area (Å²) in [5.74, 6) is 1.20. The second-order valence-corrected chi connectivity index (χ2v) is 5.84. The van der Waals surface area contributed by atoms with Crippen LogP contribution in [0.25, 0.3) is 0 Å². The highest BCUT2D eigenvalue weighted by molar-refractivity contribution is 9.09. The molecule has 0 aromatic carbocycles. The average molecular weight is 292 g/mol. The van der Waals surface area contributed by atoms with Crippen LogP contribution in [-0.2, 0) is 6.54 Å². The Balaban J connectivity index is 2.32. The minimum atomic E-state index is 0.560. The van der Waals surface area contributed by atoms with E-state index in [0.717, 1.165) is 11.6 Å². The predicted molar refractivity (Wildman–Crippen MR) is 66.8 cm³/mol. The van der Waals surface area contributed by atoms with Gasteiger partial charge in [-0.25, -0.2) is 0 Å². The number of aromatic nitrogens is 2. The molecule has 1 aliphatic rings. The molecule has 4 heteroatoms. The van der Waals surface area contributed by atoms with Crippen molar-refractivity contribution in [3.63, 3.8) is 0 Å². The summed E-state index contributed by atoms with van der Waals surface area (Å²) in [4.78, 5) is 0.624. The fourth-order valence-corrected chi connectivity index (χ4v) is 3.41. The van der Waals surface area contributed by atoms with Crippen molar-refractivity contribution < 1.29 is 0 Å². The van der Waals surface area contributed by atoms with E-state index in [1.165, 1.54) is 18.5 Å². The Morgan fingerprint density at radius 1 is 1.60 bits per heavy atom. The second kappa shape index (κ2) is 4.46. The van der Waals surface area contributed by atoms with Gasteiger partial charge in [-0.05, 0) is 25.7 Å². The van der Waals surface area contributed by atoms with Crippen LogP contribution in [0.5, 0.6) is 0 Å². The van der Waals surface area contributed by atoms with Gasteiger partial charge in [0.05, 0.1) is 16.9 Å². The van der Waals surface area contributed by atoms with Gasteiger partial charge in [-0.1, -0.05) is 34.5 Å². The van der Waals surface area contributed by atoms with Crippen molar-refractivity contribution in [2.24, 2.45) is 5.92 Å². The van der Waals surface area contributed by atoms with Gasteiger partial charge in [0.15, 0.2) is 0 Å². The summed E-state index contributed by atoms with van der Waals surface area (Å²) in [5.41, 5.74) is 1.23. The van der Waals surface area contributed by atoms with Gasteiger partial charge in [0.25, 0.3) is 0 Å². The van der Waals surface area contributed by atoms with E-state index < -0.39 is 0 Å². The first-order chi connectivity index (χ1) is 7.15. The van der Waals surface area contributed by atoms with Crippen molar-refractivity contribution in [1.82, 2.24) is 9.78 Å². The van der Waals surface area contributed by atoms with E-state index in [9.17, 15) is 0 Å². The first-order valence-corrected chi connectivity index (χ1v) is 6.79. The summed E-state index contributed by atoms with van der Waals surface area (Å²) in [6.45, 7) is 5.30. The topological polar surface area (TPSA) is 17.8 Å². The molecule has 1 saturated carbocycles. The van der Waals surface area contributed by atoms with Gasteiger partial charge >= 0.3 is 0 Å². The van der Waals surface area contributed by atoms with Gasteiger partial charge in [-0.2, -0.15) is 5.10 Å². The monoisotopic (exact) mass is 290 g/mol. The standard InChI is InChI=1S/C11H16BrClN2/c1-3-15-11(10(13)6-14-15)8-4-5-9(12)7(8)2/h6-9H,3-5H2,1-2H3. The van der Waals surface area contributed by atoms with E-state index in [-0.39, 0.29) is 0 Å². The molecule has 2 nitrogen and oxygen atoms in total. The molecule has 0 saturated heterocycles. The maximum atomic E-state index is 6.22. The van der Waals surface area contributed by atoms with Crippen LogP contribution in [0.1, 0.15) is 38.3 Å². The smallest absolute Gasteiger partial charge is 0.0820 e. The Kier molecular flexibility index (Phi) is 3.41. The Morgan fingerprint density at radius 3 is 2.87 bits per heavy atom. The molecule has 3 atom stereocenters. The largest absolute Gasteiger partial charge is 0.268 e. The second-order valence-electron chi connectivity index (χ2n) is 4.25. The summed E-state index contributed by atoms with van der Waals surface area (Å²) in [5, 5.41) is 5.14. The first kappa shape index (κ1) is 11.5. The molecule has 1 aromatic heterocycles. The number of nitrogens with zero attached hydrogens (tertiary/aromatic N) is 2. The molecule has 0 aliphatic heterocycles. The average Bonchev–Trinajstić information content (AvgIpc) is 2.73. The van der Waals surface area contributed by atoms with Crippen LogP contribution in [-0.4, -0.2) is 14.6 Å². The van der Waals surface area contributed by atoms with Crippen molar-refractivity contribution in [3.05, 3.63) is 16.9 Å². The van der Waals surface area contributed by atoms with Crippen LogP contribution in [0, 0.1) is 5.92 Å². The quantitative estimate of drug-likeness (QED) is 0.757. The summed E-state index contributed by atoms with van der Waals surface area (Å²) < 4.78 is 2.04. The van der Waals surface area contributed by atoms with Gasteiger partial charge in [0.1, 0.15) is 0 Å². The summed E-state index contributed by atoms with van der Waals surface area (Å²) in [6, 6.07) is 0. The highest BCUT2D eigenvalue weighted by Crippen LogP contribution is 2.44. The van der Waals surface area contributed by atoms with Gasteiger partial charge in [0, 0.05) is 17.3 Å². The third kappa shape index (κ3) is 1.96. The number of hydrogen-bond acceptors (Lipinski definition) is 1. The molecule has 0 spiro atoms. The molecule has 1 fully saturated rings. The Morgan fingerprint density at radius 2 is 2.33 bits per heavy atom. The van der Waals surface area contributed by atoms with E-state index in [2.05, 4.69) is 34.9 Å². The molecule has 0 amide bonds. The van der Waals surface area contributed by atoms with Gasteiger partial charge in [-0.3, -0.25) is 4.68 Å². The van der Waals surface area contributed by atoms with Crippen molar-refractivity contribution >= 4 is 27.5 Å². The molecule has 2 rings (SSSR count). The third-order valence-corrected chi connectivity index (χ3v) is 5.03. The molecule has 3 unspecified atom stereocenters. The molecule has 0 N–H and O–H groups in total. The van der Waals surface area contributed by atoms with E-state index >= 15 is 0 Å². The molecule has 0 bridgehead atoms. The van der Waals surface area contributed by atoms with Gasteiger partial charge in [0.2, 0.25) is 0 Å². The van der Waals surface area contributed by atoms with Crippen molar-refractivity contribution in [1.29, 1.82) is 0 Å². The lowest BCUT2D eigenvalue weighted by Gasteiger charge is -2.19. The minimum Gasteiger partial charge on any atom is -0.268 e. The van der Waals surface area contributed by atoms with E-state index in [0.29, 0.717) is 16.7 Å².